The van der Waals surface area contributed by atoms with Crippen molar-refractivity contribution < 1.29 is 28.2 Å². The number of Topliss-reactive ketones (excluding diaryl/α,β-unsaturated/α-hetero) is 1. The second-order valence-electron chi connectivity index (χ2n) is 7.37. The first-order valence-corrected chi connectivity index (χ1v) is 9.48. The van der Waals surface area contributed by atoms with E-state index in [2.05, 4.69) is 0 Å². The molecule has 1 saturated heterocycles. The van der Waals surface area contributed by atoms with E-state index in [-0.39, 0.29) is 18.1 Å². The number of nitrogens with zero attached hydrogens (tertiary/aromatic N) is 1. The lowest BCUT2D eigenvalue weighted by Crippen LogP contribution is -2.52. The van der Waals surface area contributed by atoms with Gasteiger partial charge in [-0.15, -0.1) is 0 Å². The maximum Gasteiger partial charge on any atom is 0.253 e. The number of ether oxygens (including phenoxy) is 3. The molecule has 2 aromatic rings. The van der Waals surface area contributed by atoms with Gasteiger partial charge in [0.1, 0.15) is 11.4 Å². The van der Waals surface area contributed by atoms with E-state index in [1.54, 1.807) is 23.1 Å². The summed E-state index contributed by atoms with van der Waals surface area (Å²) in [6.07, 6.45) is 1.25. The zero-order valence-electron chi connectivity index (χ0n) is 16.4. The lowest BCUT2D eigenvalue weighted by atomic mass is 9.82. The second-order valence-corrected chi connectivity index (χ2v) is 7.37. The van der Waals surface area contributed by atoms with Crippen molar-refractivity contribution in [1.82, 2.24) is 4.90 Å². The smallest absolute Gasteiger partial charge is 0.253 e. The van der Waals surface area contributed by atoms with Crippen molar-refractivity contribution in [1.29, 1.82) is 0 Å². The predicted molar refractivity (Wildman–Crippen MR) is 103 cm³/mol. The highest BCUT2D eigenvalue weighted by atomic mass is 19.1. The van der Waals surface area contributed by atoms with Gasteiger partial charge in [0.25, 0.3) is 5.91 Å². The van der Waals surface area contributed by atoms with Gasteiger partial charge in [-0.05, 0) is 30.3 Å². The van der Waals surface area contributed by atoms with E-state index >= 15 is 0 Å². The van der Waals surface area contributed by atoms with Crippen molar-refractivity contribution in [3.8, 4) is 17.2 Å². The second kappa shape index (κ2) is 7.39. The van der Waals surface area contributed by atoms with Crippen LogP contribution >= 0.6 is 0 Å². The summed E-state index contributed by atoms with van der Waals surface area (Å²) in [6, 6.07) is 9.05. The fourth-order valence-corrected chi connectivity index (χ4v) is 4.06. The van der Waals surface area contributed by atoms with Crippen LogP contribution in [0.4, 0.5) is 4.39 Å². The normalized spacial score (nSPS) is 17.5. The molecule has 7 heteroatoms. The molecule has 2 aliphatic rings. The third-order valence-electron chi connectivity index (χ3n) is 5.64. The molecule has 0 aromatic heterocycles. The molecule has 0 N–H and O–H groups in total. The molecule has 0 unspecified atom stereocenters. The number of benzene rings is 2. The van der Waals surface area contributed by atoms with Gasteiger partial charge in [0.15, 0.2) is 17.3 Å². The minimum atomic E-state index is -0.692. The maximum atomic E-state index is 13.4. The summed E-state index contributed by atoms with van der Waals surface area (Å²) in [5.41, 5.74) is 0.104. The highest BCUT2D eigenvalue weighted by Crippen LogP contribution is 2.47. The van der Waals surface area contributed by atoms with E-state index in [1.165, 1.54) is 32.4 Å². The van der Waals surface area contributed by atoms with E-state index in [0.29, 0.717) is 54.3 Å². The molecule has 0 bridgehead atoms. The third kappa shape index (κ3) is 3.41. The van der Waals surface area contributed by atoms with Gasteiger partial charge in [-0.1, -0.05) is 6.07 Å². The third-order valence-corrected chi connectivity index (χ3v) is 5.64. The summed E-state index contributed by atoms with van der Waals surface area (Å²) >= 11 is 0. The van der Waals surface area contributed by atoms with Crippen molar-refractivity contribution in [2.75, 3.05) is 27.3 Å². The van der Waals surface area contributed by atoms with Crippen molar-refractivity contribution in [2.24, 2.45) is 0 Å². The molecule has 1 spiro atoms. The minimum absolute atomic E-state index is 0.0166. The van der Waals surface area contributed by atoms with E-state index in [1.807, 2.05) is 0 Å². The van der Waals surface area contributed by atoms with Crippen LogP contribution in [0.5, 0.6) is 17.2 Å². The molecule has 152 valence electrons. The SMILES string of the molecule is COc1ccc2c(c1OC)OC1(CCN(C(=O)c3cccc(F)c3)CC1)CC2=O. The Morgan fingerprint density at radius 3 is 2.55 bits per heavy atom. The Balaban J connectivity index is 1.55. The maximum absolute atomic E-state index is 13.4. The van der Waals surface area contributed by atoms with Crippen LogP contribution in [0.1, 0.15) is 40.0 Å². The van der Waals surface area contributed by atoms with Gasteiger partial charge in [0.05, 0.1) is 26.2 Å². The van der Waals surface area contributed by atoms with Gasteiger partial charge >= 0.3 is 0 Å². The number of ketones is 1. The largest absolute Gasteiger partial charge is 0.493 e. The van der Waals surface area contributed by atoms with Gasteiger partial charge in [-0.25, -0.2) is 4.39 Å². The van der Waals surface area contributed by atoms with Gasteiger partial charge in [-0.3, -0.25) is 9.59 Å². The van der Waals surface area contributed by atoms with E-state index in [9.17, 15) is 14.0 Å². The predicted octanol–water partition coefficient (Wildman–Crippen LogP) is 3.48. The number of methoxy groups -OCH3 is 2. The fraction of sp³-hybridized carbons (Fsp3) is 0.364. The highest BCUT2D eigenvalue weighted by Gasteiger charge is 2.45. The summed E-state index contributed by atoms with van der Waals surface area (Å²) < 4.78 is 30.5. The van der Waals surface area contributed by atoms with Crippen molar-refractivity contribution in [3.05, 3.63) is 53.3 Å². The fourth-order valence-electron chi connectivity index (χ4n) is 4.06. The molecular formula is C22H22FNO5. The molecule has 29 heavy (non-hydrogen) atoms. The zero-order valence-corrected chi connectivity index (χ0v) is 16.4. The lowest BCUT2D eigenvalue weighted by Gasteiger charge is -2.44. The number of rotatable bonds is 3. The number of carbonyl (C=O) groups is 2. The van der Waals surface area contributed by atoms with Crippen LogP contribution in [0.15, 0.2) is 36.4 Å². The molecule has 1 amide bonds. The molecule has 2 aromatic carbocycles. The van der Waals surface area contributed by atoms with Gasteiger partial charge in [0, 0.05) is 31.5 Å². The number of halogens is 1. The Labute approximate surface area is 168 Å². The van der Waals surface area contributed by atoms with E-state index in [4.69, 9.17) is 14.2 Å². The summed E-state index contributed by atoms with van der Waals surface area (Å²) in [5.74, 6) is 0.611. The van der Waals surface area contributed by atoms with Crippen LogP contribution in [0.3, 0.4) is 0 Å². The number of amides is 1. The van der Waals surface area contributed by atoms with Crippen molar-refractivity contribution in [2.45, 2.75) is 24.9 Å². The summed E-state index contributed by atoms with van der Waals surface area (Å²) in [7, 11) is 3.04. The highest BCUT2D eigenvalue weighted by molar-refractivity contribution is 6.01. The van der Waals surface area contributed by atoms with Crippen molar-refractivity contribution >= 4 is 11.7 Å². The Morgan fingerprint density at radius 1 is 1.14 bits per heavy atom. The summed E-state index contributed by atoms with van der Waals surface area (Å²) in [5, 5.41) is 0. The number of carbonyl (C=O) groups excluding carboxylic acids is 2. The molecule has 2 aliphatic heterocycles. The van der Waals surface area contributed by atoms with E-state index < -0.39 is 11.4 Å². The zero-order chi connectivity index (χ0) is 20.6. The molecule has 1 fully saturated rings. The topological polar surface area (TPSA) is 65.1 Å². The van der Waals surface area contributed by atoms with Gasteiger partial charge in [0.2, 0.25) is 5.75 Å². The summed E-state index contributed by atoms with van der Waals surface area (Å²) in [4.78, 5) is 27.2. The quantitative estimate of drug-likeness (QED) is 0.791. The molecule has 0 atom stereocenters. The van der Waals surface area contributed by atoms with Gasteiger partial charge in [-0.2, -0.15) is 0 Å². The first-order chi connectivity index (χ1) is 14.0. The van der Waals surface area contributed by atoms with Crippen LogP contribution in [0.25, 0.3) is 0 Å². The number of piperidine rings is 1. The van der Waals surface area contributed by atoms with Crippen LogP contribution in [-0.4, -0.2) is 49.5 Å². The first-order valence-electron chi connectivity index (χ1n) is 9.48. The molecule has 0 saturated carbocycles. The average Bonchev–Trinajstić information content (AvgIpc) is 2.73. The van der Waals surface area contributed by atoms with Crippen LogP contribution < -0.4 is 14.2 Å². The van der Waals surface area contributed by atoms with E-state index in [0.717, 1.165) is 0 Å². The molecule has 4 rings (SSSR count). The number of fused-ring (bicyclic) bond motifs is 1. The van der Waals surface area contributed by atoms with Crippen LogP contribution in [0.2, 0.25) is 0 Å². The van der Waals surface area contributed by atoms with Crippen LogP contribution in [0, 0.1) is 5.82 Å². The Morgan fingerprint density at radius 2 is 1.90 bits per heavy atom. The molecule has 0 aliphatic carbocycles. The minimum Gasteiger partial charge on any atom is -0.493 e. The number of hydrogen-bond acceptors (Lipinski definition) is 5. The van der Waals surface area contributed by atoms with Gasteiger partial charge < -0.3 is 19.1 Å². The average molecular weight is 399 g/mol. The molecule has 0 radical (unpaired) electrons. The van der Waals surface area contributed by atoms with Crippen LogP contribution in [-0.2, 0) is 0 Å². The van der Waals surface area contributed by atoms with Crippen molar-refractivity contribution in [3.63, 3.8) is 0 Å². The Hall–Kier alpha value is -3.09. The number of likely N-dealkylation sites (tertiary alicyclic amines) is 1. The Kier molecular flexibility index (Phi) is 4.90. The standard InChI is InChI=1S/C22H22FNO5/c1-27-18-7-6-16-17(25)13-22(29-19(16)20(18)28-2)8-10-24(11-9-22)21(26)14-4-3-5-15(23)12-14/h3-7,12H,8-11,13H2,1-2H3. The Bertz CT molecular complexity index is 966. The monoisotopic (exact) mass is 399 g/mol. The molecule has 2 heterocycles. The number of hydrogen-bond donors (Lipinski definition) is 0. The lowest BCUT2D eigenvalue weighted by molar-refractivity contribution is -0.00747. The summed E-state index contributed by atoms with van der Waals surface area (Å²) in [6.45, 7) is 0.842. The molecular weight excluding hydrogens is 377 g/mol. The first kappa shape index (κ1) is 19.2. The molecule has 6 nitrogen and oxygen atoms in total.